The molecule has 0 fully saturated rings. The van der Waals surface area contributed by atoms with Crippen molar-refractivity contribution in [3.8, 4) is 17.2 Å². The van der Waals surface area contributed by atoms with Crippen LogP contribution in [0.3, 0.4) is 0 Å². The molecule has 0 saturated heterocycles. The summed E-state index contributed by atoms with van der Waals surface area (Å²) < 4.78 is 15.9. The molecule has 0 N–H and O–H groups in total. The molecule has 0 saturated carbocycles. The Morgan fingerprint density at radius 1 is 0.850 bits per heavy atom. The Balaban J connectivity index is 2.35. The van der Waals surface area contributed by atoms with E-state index in [1.165, 1.54) is 0 Å². The van der Waals surface area contributed by atoms with E-state index in [0.29, 0.717) is 17.2 Å². The van der Waals surface area contributed by atoms with Crippen molar-refractivity contribution in [2.24, 2.45) is 0 Å². The third-order valence-corrected chi connectivity index (χ3v) is 2.76. The number of hydrogen-bond donors (Lipinski definition) is 0. The third-order valence-electron chi connectivity index (χ3n) is 2.76. The lowest BCUT2D eigenvalue weighted by atomic mass is 10.1. The molecule has 2 rings (SSSR count). The van der Waals surface area contributed by atoms with Gasteiger partial charge in [-0.15, -0.1) is 0 Å². The Hall–Kier alpha value is -2.56. The Labute approximate surface area is 117 Å². The van der Waals surface area contributed by atoms with Gasteiger partial charge in [0.2, 0.25) is 5.75 Å². The average Bonchev–Trinajstić information content (AvgIpc) is 2.52. The standard InChI is InChI=1S/C15H16N2O3/c1-18-13-8-12(9-14(19-2)15(13)20-3)5-4-11-6-7-16-17-10-11/h4-10H,1-3H3/b5-4-. The Morgan fingerprint density at radius 2 is 1.50 bits per heavy atom. The zero-order chi connectivity index (χ0) is 14.4. The summed E-state index contributed by atoms with van der Waals surface area (Å²) in [6.45, 7) is 0. The summed E-state index contributed by atoms with van der Waals surface area (Å²) in [5.41, 5.74) is 1.91. The van der Waals surface area contributed by atoms with Crippen LogP contribution in [0, 0.1) is 0 Å². The van der Waals surface area contributed by atoms with Crippen molar-refractivity contribution in [2.45, 2.75) is 0 Å². The maximum atomic E-state index is 5.31. The molecule has 0 atom stereocenters. The van der Waals surface area contributed by atoms with E-state index >= 15 is 0 Å². The normalized spacial score (nSPS) is 10.6. The second kappa shape index (κ2) is 6.56. The summed E-state index contributed by atoms with van der Waals surface area (Å²) in [5, 5.41) is 7.56. The van der Waals surface area contributed by atoms with Gasteiger partial charge >= 0.3 is 0 Å². The molecule has 104 valence electrons. The smallest absolute Gasteiger partial charge is 0.203 e. The minimum Gasteiger partial charge on any atom is -0.493 e. The van der Waals surface area contributed by atoms with Gasteiger partial charge in [0.15, 0.2) is 11.5 Å². The number of ether oxygens (including phenoxy) is 3. The van der Waals surface area contributed by atoms with Crippen molar-refractivity contribution in [1.29, 1.82) is 0 Å². The molecule has 0 unspecified atom stereocenters. The van der Waals surface area contributed by atoms with Gasteiger partial charge in [-0.05, 0) is 29.3 Å². The Bertz CT molecular complexity index is 572. The fourth-order valence-corrected chi connectivity index (χ4v) is 1.79. The molecule has 1 aromatic heterocycles. The van der Waals surface area contributed by atoms with Crippen molar-refractivity contribution in [3.05, 3.63) is 41.7 Å². The van der Waals surface area contributed by atoms with Crippen LogP contribution in [0.4, 0.5) is 0 Å². The van der Waals surface area contributed by atoms with E-state index < -0.39 is 0 Å². The van der Waals surface area contributed by atoms with Gasteiger partial charge in [-0.1, -0.05) is 12.2 Å². The van der Waals surface area contributed by atoms with Gasteiger partial charge in [0.25, 0.3) is 0 Å². The van der Waals surface area contributed by atoms with E-state index in [-0.39, 0.29) is 0 Å². The molecule has 0 spiro atoms. The molecule has 0 aliphatic heterocycles. The Kier molecular flexibility index (Phi) is 4.55. The molecule has 1 aromatic carbocycles. The van der Waals surface area contributed by atoms with Crippen molar-refractivity contribution in [1.82, 2.24) is 10.2 Å². The lowest BCUT2D eigenvalue weighted by Crippen LogP contribution is -1.95. The molecule has 0 aliphatic carbocycles. The van der Waals surface area contributed by atoms with Gasteiger partial charge in [-0.25, -0.2) is 0 Å². The van der Waals surface area contributed by atoms with Crippen LogP contribution in [0.1, 0.15) is 11.1 Å². The highest BCUT2D eigenvalue weighted by Crippen LogP contribution is 2.38. The quantitative estimate of drug-likeness (QED) is 0.837. The van der Waals surface area contributed by atoms with E-state index in [1.54, 1.807) is 33.7 Å². The molecule has 1 heterocycles. The van der Waals surface area contributed by atoms with Crippen LogP contribution in [0.25, 0.3) is 12.2 Å². The van der Waals surface area contributed by atoms with Gasteiger partial charge in [0.1, 0.15) is 0 Å². The van der Waals surface area contributed by atoms with Crippen LogP contribution in [-0.4, -0.2) is 31.5 Å². The molecule has 0 aliphatic rings. The van der Waals surface area contributed by atoms with Crippen molar-refractivity contribution in [2.75, 3.05) is 21.3 Å². The fraction of sp³-hybridized carbons (Fsp3) is 0.200. The first-order valence-electron chi connectivity index (χ1n) is 6.03. The maximum Gasteiger partial charge on any atom is 0.203 e. The van der Waals surface area contributed by atoms with E-state index in [2.05, 4.69) is 10.2 Å². The zero-order valence-corrected chi connectivity index (χ0v) is 11.7. The third kappa shape index (κ3) is 3.06. The predicted octanol–water partition coefficient (Wildman–Crippen LogP) is 2.67. The summed E-state index contributed by atoms with van der Waals surface area (Å²) in [6, 6.07) is 5.64. The van der Waals surface area contributed by atoms with Gasteiger partial charge in [-0.3, -0.25) is 0 Å². The van der Waals surface area contributed by atoms with Gasteiger partial charge in [0.05, 0.1) is 33.7 Å². The number of rotatable bonds is 5. The number of benzene rings is 1. The van der Waals surface area contributed by atoms with Crippen LogP contribution in [0.2, 0.25) is 0 Å². The second-order valence-electron chi connectivity index (χ2n) is 3.97. The molecule has 5 heteroatoms. The first-order chi connectivity index (χ1) is 9.78. The Morgan fingerprint density at radius 3 is 2.00 bits per heavy atom. The van der Waals surface area contributed by atoms with Gasteiger partial charge in [-0.2, -0.15) is 10.2 Å². The summed E-state index contributed by atoms with van der Waals surface area (Å²) in [4.78, 5) is 0. The van der Waals surface area contributed by atoms with E-state index in [4.69, 9.17) is 14.2 Å². The van der Waals surface area contributed by atoms with Crippen molar-refractivity contribution in [3.63, 3.8) is 0 Å². The van der Waals surface area contributed by atoms with E-state index in [0.717, 1.165) is 11.1 Å². The molecule has 2 aromatic rings. The van der Waals surface area contributed by atoms with Crippen LogP contribution in [-0.2, 0) is 0 Å². The highest BCUT2D eigenvalue weighted by molar-refractivity contribution is 5.72. The highest BCUT2D eigenvalue weighted by atomic mass is 16.5. The predicted molar refractivity (Wildman–Crippen MR) is 77.1 cm³/mol. The largest absolute Gasteiger partial charge is 0.493 e. The van der Waals surface area contributed by atoms with Crippen LogP contribution in [0.5, 0.6) is 17.2 Å². The van der Waals surface area contributed by atoms with Crippen LogP contribution < -0.4 is 14.2 Å². The monoisotopic (exact) mass is 272 g/mol. The lowest BCUT2D eigenvalue weighted by molar-refractivity contribution is 0.324. The summed E-state index contributed by atoms with van der Waals surface area (Å²) >= 11 is 0. The van der Waals surface area contributed by atoms with Gasteiger partial charge in [0, 0.05) is 0 Å². The molecular formula is C15H16N2O3. The minimum atomic E-state index is 0.581. The molecule has 0 amide bonds. The van der Waals surface area contributed by atoms with Crippen LogP contribution in [0.15, 0.2) is 30.6 Å². The molecule has 5 nitrogen and oxygen atoms in total. The van der Waals surface area contributed by atoms with Gasteiger partial charge < -0.3 is 14.2 Å². The van der Waals surface area contributed by atoms with Crippen molar-refractivity contribution >= 4 is 12.2 Å². The molecule has 0 radical (unpaired) electrons. The first kappa shape index (κ1) is 13.9. The summed E-state index contributed by atoms with van der Waals surface area (Å²) in [7, 11) is 4.77. The molecule has 20 heavy (non-hydrogen) atoms. The summed E-state index contributed by atoms with van der Waals surface area (Å²) in [6.07, 6.45) is 7.22. The van der Waals surface area contributed by atoms with Crippen molar-refractivity contribution < 1.29 is 14.2 Å². The average molecular weight is 272 g/mol. The van der Waals surface area contributed by atoms with E-state index in [9.17, 15) is 0 Å². The number of hydrogen-bond acceptors (Lipinski definition) is 5. The molecule has 0 bridgehead atoms. The van der Waals surface area contributed by atoms with E-state index in [1.807, 2.05) is 30.4 Å². The first-order valence-corrected chi connectivity index (χ1v) is 6.03. The number of methoxy groups -OCH3 is 3. The fourth-order valence-electron chi connectivity index (χ4n) is 1.79. The minimum absolute atomic E-state index is 0.581. The number of aromatic nitrogens is 2. The summed E-state index contributed by atoms with van der Waals surface area (Å²) in [5.74, 6) is 1.83. The topological polar surface area (TPSA) is 53.5 Å². The number of nitrogens with zero attached hydrogens (tertiary/aromatic N) is 2. The lowest BCUT2D eigenvalue weighted by Gasteiger charge is -2.12. The SMILES string of the molecule is COc1cc(/C=C\c2ccnnc2)cc(OC)c1OC. The maximum absolute atomic E-state index is 5.31. The second-order valence-corrected chi connectivity index (χ2v) is 3.97. The van der Waals surface area contributed by atoms with Crippen LogP contribution >= 0.6 is 0 Å². The zero-order valence-electron chi connectivity index (χ0n) is 11.7. The highest BCUT2D eigenvalue weighted by Gasteiger charge is 2.11. The molecular weight excluding hydrogens is 256 g/mol.